The average molecular weight is 1660 g/mol. The largest absolute Gasteiger partial charge is 0.255 e. The van der Waals surface area contributed by atoms with Crippen molar-refractivity contribution in [1.82, 2.24) is 54.8 Å². The van der Waals surface area contributed by atoms with Gasteiger partial charge >= 0.3 is 0 Å². The van der Waals surface area contributed by atoms with E-state index in [0.29, 0.717) is 23.3 Å². The van der Waals surface area contributed by atoms with E-state index in [1.54, 1.807) is 12.4 Å². The van der Waals surface area contributed by atoms with Gasteiger partial charge in [-0.25, -0.2) is 44.9 Å². The average Bonchev–Trinajstić information content (AvgIpc) is 1.57. The Morgan fingerprint density at radius 1 is 0.178 bits per heavy atom. The van der Waals surface area contributed by atoms with Gasteiger partial charge in [0, 0.05) is 94.9 Å². The smallest absolute Gasteiger partial charge is 0.164 e. The number of fused-ring (bicyclic) bond motifs is 12. The van der Waals surface area contributed by atoms with Crippen LogP contribution >= 0.6 is 0 Å². The first-order valence-electron chi connectivity index (χ1n) is 43.9. The van der Waals surface area contributed by atoms with Crippen molar-refractivity contribution in [3.05, 3.63) is 440 Å². The van der Waals surface area contributed by atoms with E-state index in [1.807, 2.05) is 109 Å². The van der Waals surface area contributed by atoms with E-state index >= 15 is 0 Å². The van der Waals surface area contributed by atoms with Crippen molar-refractivity contribution in [2.75, 3.05) is 0 Å². The molecule has 0 aliphatic heterocycles. The molecule has 129 heavy (non-hydrogen) atoms. The normalized spacial score (nSPS) is 13.1. The number of rotatable bonds is 12. The van der Waals surface area contributed by atoms with Crippen LogP contribution in [0.15, 0.2) is 407 Å². The van der Waals surface area contributed by atoms with Crippen LogP contribution in [0.5, 0.6) is 0 Å². The fraction of sp³-hybridized carbons (Fsp3) is 0.0763. The summed E-state index contributed by atoms with van der Waals surface area (Å²) in [4.78, 5) is 54.9. The van der Waals surface area contributed by atoms with Crippen LogP contribution in [0.2, 0.25) is 0 Å². The molecule has 0 saturated heterocycles. The highest BCUT2D eigenvalue weighted by Gasteiger charge is 2.43. The maximum absolute atomic E-state index is 5.23. The van der Waals surface area contributed by atoms with Gasteiger partial charge in [-0.15, -0.1) is 0 Å². The number of pyridine rings is 6. The lowest BCUT2D eigenvalue weighted by molar-refractivity contribution is 0.661. The van der Waals surface area contributed by atoms with Crippen LogP contribution in [0.1, 0.15) is 74.9 Å². The molecule has 8 heterocycles. The third-order valence-corrected chi connectivity index (χ3v) is 25.7. The van der Waals surface area contributed by atoms with Gasteiger partial charge in [0.15, 0.2) is 23.3 Å². The third-order valence-electron chi connectivity index (χ3n) is 25.7. The molecule has 0 saturated carbocycles. The van der Waals surface area contributed by atoms with Gasteiger partial charge in [0.2, 0.25) is 0 Å². The fourth-order valence-electron chi connectivity index (χ4n) is 19.6. The second kappa shape index (κ2) is 32.3. The zero-order valence-electron chi connectivity index (χ0n) is 72.1. The second-order valence-corrected chi connectivity index (χ2v) is 34.7. The Morgan fingerprint density at radius 2 is 0.465 bits per heavy atom. The van der Waals surface area contributed by atoms with Crippen molar-refractivity contribution < 1.29 is 0 Å². The van der Waals surface area contributed by atoms with Crippen molar-refractivity contribution in [1.29, 1.82) is 0 Å². The van der Waals surface area contributed by atoms with Crippen molar-refractivity contribution in [2.45, 2.75) is 57.8 Å². The maximum Gasteiger partial charge on any atom is 0.164 e. The molecule has 0 fully saturated rings. The number of aromatic nitrogens is 11. The van der Waals surface area contributed by atoms with Gasteiger partial charge in [0.1, 0.15) is 0 Å². The molecule has 0 amide bonds. The number of nitrogens with zero attached hydrogens (tertiary/aromatic N) is 11. The highest BCUT2D eigenvalue weighted by molar-refractivity contribution is 6.06. The van der Waals surface area contributed by atoms with Crippen LogP contribution in [-0.4, -0.2) is 54.8 Å². The minimum atomic E-state index is -0.206. The Labute approximate surface area is 749 Å². The topological polar surface area (TPSA) is 142 Å². The maximum atomic E-state index is 5.23. The number of hydrogen-bond donors (Lipinski definition) is 0. The van der Waals surface area contributed by atoms with E-state index in [-0.39, 0.29) is 16.2 Å². The van der Waals surface area contributed by atoms with Gasteiger partial charge in [0.25, 0.3) is 0 Å². The SMILES string of the molecule is CC1(C)c2ccccc2-c2nc3ccccc3c(-c3cccc(-c4cc(-c5ccccn5)nc(-c5ccccn5)c4)c3)c21.CC1(C)c2ccccc2-c2nc3ccccc3c(-c3cccc(-c4nc(-c5ccccc5)cc(-c5ccccc5)n4)c3)c21.CC1(C)c2ccccc2-c2nc3ccccc3c(-c3cccc(-c4nc(-c5ccccc5)nc(-c5ccccc5)n4)c3)c21. The molecule has 3 aliphatic carbocycles. The molecule has 0 unspecified atom stereocenters. The first kappa shape index (κ1) is 78.6. The van der Waals surface area contributed by atoms with E-state index in [1.165, 1.54) is 72.3 Å². The van der Waals surface area contributed by atoms with Crippen LogP contribution in [0, 0.1) is 0 Å². The summed E-state index contributed by atoms with van der Waals surface area (Å²) in [6, 6.07) is 137. The van der Waals surface area contributed by atoms with Gasteiger partial charge in [-0.05, 0) is 157 Å². The first-order valence-corrected chi connectivity index (χ1v) is 43.9. The highest BCUT2D eigenvalue weighted by Crippen LogP contribution is 2.57. The molecule has 0 N–H and O–H groups in total. The monoisotopic (exact) mass is 1660 g/mol. The number of hydrogen-bond acceptors (Lipinski definition) is 11. The lowest BCUT2D eigenvalue weighted by Gasteiger charge is -2.25. The number of benzene rings is 13. The molecular weight excluding hydrogens is 1570 g/mol. The summed E-state index contributed by atoms with van der Waals surface area (Å²) >= 11 is 0. The standard InChI is InChI=1S/C40H29N3.2C39H28N4/c1-40(2)32-22-11-9-20-30(32)38-37(40)36(31-21-10-12-23-33(31)41-38)28-18-13-19-29(24-28)39-42-34(26-14-5-3-6-15-26)25-35(43-39)27-16-7-4-8-17-27;1-39(2)30-16-5-3-14-28(30)38-37(39)36(29-15-4-6-17-31(29)43-38)26-13-11-12-25(22-26)27-23-34(32-18-7-9-20-40-32)42-35(24-27)33-19-8-10-21-41-33;1-39(2)31-22-11-9-20-29(31)35-34(39)33(30-21-10-12-23-32(30)40-35)27-18-13-19-28(24-27)38-42-36(25-14-5-3-6-15-25)41-37(43-38)26-16-7-4-8-17-26/h3-25H,1-2H3;2*3-24H,1-2H3. The Kier molecular flexibility index (Phi) is 19.7. The van der Waals surface area contributed by atoms with E-state index in [2.05, 4.69) is 337 Å². The molecule has 11 nitrogen and oxygen atoms in total. The molecule has 21 aromatic rings. The van der Waals surface area contributed by atoms with Gasteiger partial charge in [-0.1, -0.05) is 357 Å². The minimum Gasteiger partial charge on any atom is -0.255 e. The predicted molar refractivity (Wildman–Crippen MR) is 526 cm³/mol. The number of para-hydroxylation sites is 3. The predicted octanol–water partition coefficient (Wildman–Crippen LogP) is 28.8. The second-order valence-electron chi connectivity index (χ2n) is 34.7. The van der Waals surface area contributed by atoms with Crippen LogP contribution in [0.25, 0.3) is 202 Å². The molecule has 8 aromatic heterocycles. The molecule has 0 spiro atoms. The van der Waals surface area contributed by atoms with Gasteiger partial charge in [0.05, 0.1) is 67.8 Å². The van der Waals surface area contributed by atoms with Crippen LogP contribution in [0.3, 0.4) is 0 Å². The van der Waals surface area contributed by atoms with Gasteiger partial charge in [-0.3, -0.25) is 9.97 Å². The molecule has 3 aliphatic rings. The molecule has 0 radical (unpaired) electrons. The molecule has 11 heteroatoms. The molecule has 13 aromatic carbocycles. The summed E-state index contributed by atoms with van der Waals surface area (Å²) in [6.45, 7) is 13.9. The summed E-state index contributed by atoms with van der Waals surface area (Å²) < 4.78 is 0. The van der Waals surface area contributed by atoms with E-state index in [9.17, 15) is 0 Å². The zero-order valence-corrected chi connectivity index (χ0v) is 72.1. The van der Waals surface area contributed by atoms with E-state index < -0.39 is 0 Å². The summed E-state index contributed by atoms with van der Waals surface area (Å²) in [6.07, 6.45) is 3.61. The van der Waals surface area contributed by atoms with Crippen molar-refractivity contribution in [2.24, 2.45) is 0 Å². The molecule has 0 bridgehead atoms. The lowest BCUT2D eigenvalue weighted by atomic mass is 9.78. The van der Waals surface area contributed by atoms with Gasteiger partial charge < -0.3 is 0 Å². The van der Waals surface area contributed by atoms with E-state index in [0.717, 1.165) is 140 Å². The van der Waals surface area contributed by atoms with Crippen LogP contribution in [0.4, 0.5) is 0 Å². The quantitative estimate of drug-likeness (QED) is 0.115. The summed E-state index contributed by atoms with van der Waals surface area (Å²) in [7, 11) is 0. The Morgan fingerprint density at radius 3 is 0.829 bits per heavy atom. The summed E-state index contributed by atoms with van der Waals surface area (Å²) in [5, 5.41) is 3.46. The Hall–Kier alpha value is -16.4. The Balaban J connectivity index is 0.000000114. The van der Waals surface area contributed by atoms with Crippen molar-refractivity contribution in [3.8, 4) is 169 Å². The molecule has 0 atom stereocenters. The fourth-order valence-corrected chi connectivity index (χ4v) is 19.6. The van der Waals surface area contributed by atoms with Crippen LogP contribution in [-0.2, 0) is 16.2 Å². The molecule has 612 valence electrons. The van der Waals surface area contributed by atoms with E-state index in [4.69, 9.17) is 44.9 Å². The van der Waals surface area contributed by atoms with Crippen LogP contribution < -0.4 is 0 Å². The lowest BCUT2D eigenvalue weighted by Crippen LogP contribution is -2.16. The molecule has 24 rings (SSSR count). The Bertz CT molecular complexity index is 7020. The highest BCUT2D eigenvalue weighted by atomic mass is 15.0. The zero-order chi connectivity index (χ0) is 86.9. The first-order chi connectivity index (χ1) is 63.2. The van der Waals surface area contributed by atoms with Gasteiger partial charge in [-0.2, -0.15) is 0 Å². The van der Waals surface area contributed by atoms with Crippen molar-refractivity contribution >= 4 is 32.7 Å². The summed E-state index contributed by atoms with van der Waals surface area (Å²) in [5.74, 6) is 2.66. The third kappa shape index (κ3) is 14.2. The molecular formula is C118H85N11. The summed E-state index contributed by atoms with van der Waals surface area (Å²) in [5.41, 5.74) is 37.4. The van der Waals surface area contributed by atoms with Crippen molar-refractivity contribution in [3.63, 3.8) is 0 Å². The minimum absolute atomic E-state index is 0.191.